The van der Waals surface area contributed by atoms with Gasteiger partial charge in [-0.25, -0.2) is 0 Å². The number of anilines is 1. The molecule has 0 aliphatic carbocycles. The highest BCUT2D eigenvalue weighted by molar-refractivity contribution is 7.09. The van der Waals surface area contributed by atoms with E-state index in [4.69, 9.17) is 4.74 Å². The van der Waals surface area contributed by atoms with Crippen LogP contribution in [-0.2, 0) is 20.9 Å². The smallest absolute Gasteiger partial charge is 0.250 e. The Balaban J connectivity index is 1.62. The summed E-state index contributed by atoms with van der Waals surface area (Å²) >= 11 is 1.58. The lowest BCUT2D eigenvalue weighted by atomic mass is 10.2. The molecule has 1 aromatic carbocycles. The number of thiophene rings is 1. The van der Waals surface area contributed by atoms with E-state index in [1.807, 2.05) is 48.7 Å². The first-order valence-corrected chi connectivity index (χ1v) is 7.75. The van der Waals surface area contributed by atoms with Crippen LogP contribution in [-0.4, -0.2) is 25.0 Å². The molecule has 0 fully saturated rings. The van der Waals surface area contributed by atoms with E-state index >= 15 is 0 Å². The van der Waals surface area contributed by atoms with Crippen molar-refractivity contribution in [3.8, 4) is 0 Å². The standard InChI is InChI=1S/C16H18N2O3S/c1-12-4-6-13(7-5-12)18-16(20)11-21-10-15(19)17-9-14-3-2-8-22-14/h2-8H,9-11H2,1H3,(H,17,19)(H,18,20). The van der Waals surface area contributed by atoms with E-state index in [0.717, 1.165) is 10.4 Å². The predicted octanol–water partition coefficient (Wildman–Crippen LogP) is 2.33. The van der Waals surface area contributed by atoms with Crippen molar-refractivity contribution < 1.29 is 14.3 Å². The van der Waals surface area contributed by atoms with E-state index in [2.05, 4.69) is 10.6 Å². The zero-order valence-electron chi connectivity index (χ0n) is 12.3. The van der Waals surface area contributed by atoms with Crippen LogP contribution in [0, 0.1) is 6.92 Å². The monoisotopic (exact) mass is 318 g/mol. The Morgan fingerprint density at radius 1 is 1.09 bits per heavy atom. The van der Waals surface area contributed by atoms with Gasteiger partial charge in [0.05, 0.1) is 6.54 Å². The van der Waals surface area contributed by atoms with Crippen molar-refractivity contribution in [2.45, 2.75) is 13.5 Å². The van der Waals surface area contributed by atoms with Crippen molar-refractivity contribution in [2.24, 2.45) is 0 Å². The first kappa shape index (κ1) is 16.2. The van der Waals surface area contributed by atoms with Crippen LogP contribution in [0.4, 0.5) is 5.69 Å². The molecule has 1 aromatic heterocycles. The number of hydrogen-bond acceptors (Lipinski definition) is 4. The van der Waals surface area contributed by atoms with Gasteiger partial charge in [0.25, 0.3) is 0 Å². The second-order valence-corrected chi connectivity index (χ2v) is 5.80. The van der Waals surface area contributed by atoms with Crippen molar-refractivity contribution in [1.82, 2.24) is 5.32 Å². The van der Waals surface area contributed by atoms with E-state index in [-0.39, 0.29) is 25.0 Å². The second-order valence-electron chi connectivity index (χ2n) is 4.76. The van der Waals surface area contributed by atoms with Gasteiger partial charge in [0, 0.05) is 10.6 Å². The Morgan fingerprint density at radius 3 is 2.50 bits per heavy atom. The maximum atomic E-state index is 11.7. The molecule has 0 saturated heterocycles. The average molecular weight is 318 g/mol. The van der Waals surface area contributed by atoms with Crippen molar-refractivity contribution >= 4 is 28.8 Å². The molecular formula is C16H18N2O3S. The number of carbonyl (C=O) groups is 2. The molecule has 5 nitrogen and oxygen atoms in total. The second kappa shape index (κ2) is 8.31. The third-order valence-electron chi connectivity index (χ3n) is 2.84. The summed E-state index contributed by atoms with van der Waals surface area (Å²) < 4.78 is 5.10. The summed E-state index contributed by atoms with van der Waals surface area (Å²) in [5.41, 5.74) is 1.83. The lowest BCUT2D eigenvalue weighted by molar-refractivity contribution is -0.128. The minimum Gasteiger partial charge on any atom is -0.362 e. The van der Waals surface area contributed by atoms with E-state index in [1.54, 1.807) is 11.3 Å². The van der Waals surface area contributed by atoms with E-state index < -0.39 is 0 Å². The van der Waals surface area contributed by atoms with Crippen molar-refractivity contribution in [3.05, 3.63) is 52.2 Å². The Bertz CT molecular complexity index is 609. The highest BCUT2D eigenvalue weighted by Crippen LogP contribution is 2.08. The van der Waals surface area contributed by atoms with Gasteiger partial charge in [0.2, 0.25) is 11.8 Å². The first-order valence-electron chi connectivity index (χ1n) is 6.87. The molecule has 2 rings (SSSR count). The molecule has 0 spiro atoms. The molecule has 0 atom stereocenters. The summed E-state index contributed by atoms with van der Waals surface area (Å²) in [4.78, 5) is 24.3. The Morgan fingerprint density at radius 2 is 1.82 bits per heavy atom. The van der Waals surface area contributed by atoms with Gasteiger partial charge in [-0.2, -0.15) is 0 Å². The number of carbonyl (C=O) groups excluding carboxylic acids is 2. The van der Waals surface area contributed by atoms with Gasteiger partial charge in [-0.05, 0) is 30.5 Å². The zero-order valence-corrected chi connectivity index (χ0v) is 13.1. The van der Waals surface area contributed by atoms with Crippen molar-refractivity contribution in [1.29, 1.82) is 0 Å². The molecule has 2 N–H and O–H groups in total. The van der Waals surface area contributed by atoms with Crippen LogP contribution in [0.5, 0.6) is 0 Å². The normalized spacial score (nSPS) is 10.2. The SMILES string of the molecule is Cc1ccc(NC(=O)COCC(=O)NCc2cccs2)cc1. The minimum absolute atomic E-state index is 0.132. The number of benzene rings is 1. The molecule has 0 unspecified atom stereocenters. The van der Waals surface area contributed by atoms with Gasteiger partial charge in [0.15, 0.2) is 0 Å². The largest absolute Gasteiger partial charge is 0.362 e. The van der Waals surface area contributed by atoms with Crippen LogP contribution < -0.4 is 10.6 Å². The molecule has 1 heterocycles. The summed E-state index contributed by atoms with van der Waals surface area (Å²) in [6.45, 7) is 2.17. The first-order chi connectivity index (χ1) is 10.6. The van der Waals surface area contributed by atoms with Gasteiger partial charge in [-0.15, -0.1) is 11.3 Å². The van der Waals surface area contributed by atoms with E-state index in [0.29, 0.717) is 12.2 Å². The number of hydrogen-bond donors (Lipinski definition) is 2. The third kappa shape index (κ3) is 5.67. The maximum Gasteiger partial charge on any atom is 0.250 e. The lowest BCUT2D eigenvalue weighted by Crippen LogP contribution is -2.29. The fourth-order valence-electron chi connectivity index (χ4n) is 1.72. The van der Waals surface area contributed by atoms with Gasteiger partial charge in [0.1, 0.15) is 13.2 Å². The van der Waals surface area contributed by atoms with Crippen molar-refractivity contribution in [2.75, 3.05) is 18.5 Å². The summed E-state index contributed by atoms with van der Waals surface area (Å²) in [5, 5.41) is 7.38. The summed E-state index contributed by atoms with van der Waals surface area (Å²) in [5.74, 6) is -0.522. The molecule has 0 bridgehead atoms. The predicted molar refractivity (Wildman–Crippen MR) is 86.8 cm³/mol. The van der Waals surface area contributed by atoms with Gasteiger partial charge in [-0.3, -0.25) is 9.59 Å². The Labute approximate surface area is 133 Å². The van der Waals surface area contributed by atoms with Crippen LogP contribution in [0.1, 0.15) is 10.4 Å². The number of aryl methyl sites for hydroxylation is 1. The summed E-state index contributed by atoms with van der Waals surface area (Å²) in [6, 6.07) is 11.3. The van der Waals surface area contributed by atoms with Gasteiger partial charge < -0.3 is 15.4 Å². The molecule has 2 aromatic rings. The van der Waals surface area contributed by atoms with Crippen LogP contribution >= 0.6 is 11.3 Å². The number of rotatable bonds is 7. The summed E-state index contributed by atoms with van der Waals surface area (Å²) in [6.07, 6.45) is 0. The van der Waals surface area contributed by atoms with Gasteiger partial charge >= 0.3 is 0 Å². The fraction of sp³-hybridized carbons (Fsp3) is 0.250. The molecular weight excluding hydrogens is 300 g/mol. The number of amides is 2. The van der Waals surface area contributed by atoms with E-state index in [9.17, 15) is 9.59 Å². The Hall–Kier alpha value is -2.18. The van der Waals surface area contributed by atoms with E-state index in [1.165, 1.54) is 0 Å². The number of ether oxygens (including phenoxy) is 1. The molecule has 0 aliphatic rings. The molecule has 0 saturated carbocycles. The molecule has 6 heteroatoms. The van der Waals surface area contributed by atoms with Gasteiger partial charge in [-0.1, -0.05) is 23.8 Å². The summed E-state index contributed by atoms with van der Waals surface area (Å²) in [7, 11) is 0. The molecule has 2 amide bonds. The molecule has 116 valence electrons. The topological polar surface area (TPSA) is 67.4 Å². The highest BCUT2D eigenvalue weighted by Gasteiger charge is 2.06. The molecule has 0 radical (unpaired) electrons. The zero-order chi connectivity index (χ0) is 15.8. The van der Waals surface area contributed by atoms with Crippen LogP contribution in [0.25, 0.3) is 0 Å². The van der Waals surface area contributed by atoms with Crippen LogP contribution in [0.15, 0.2) is 41.8 Å². The quantitative estimate of drug-likeness (QED) is 0.823. The van der Waals surface area contributed by atoms with Crippen molar-refractivity contribution in [3.63, 3.8) is 0 Å². The van der Waals surface area contributed by atoms with Crippen LogP contribution in [0.3, 0.4) is 0 Å². The highest BCUT2D eigenvalue weighted by atomic mass is 32.1. The Kier molecular flexibility index (Phi) is 6.12. The lowest BCUT2D eigenvalue weighted by Gasteiger charge is -2.07. The average Bonchev–Trinajstić information content (AvgIpc) is 3.01. The van der Waals surface area contributed by atoms with Crippen LogP contribution in [0.2, 0.25) is 0 Å². The molecule has 22 heavy (non-hydrogen) atoms. The molecule has 0 aliphatic heterocycles. The maximum absolute atomic E-state index is 11.7. The number of nitrogens with one attached hydrogen (secondary N) is 2. The minimum atomic E-state index is -0.282. The fourth-order valence-corrected chi connectivity index (χ4v) is 2.36. The third-order valence-corrected chi connectivity index (χ3v) is 3.72.